The molecule has 0 aromatic heterocycles. The Morgan fingerprint density at radius 1 is 0.750 bits per heavy atom. The van der Waals surface area contributed by atoms with E-state index in [2.05, 4.69) is 20.8 Å². The Morgan fingerprint density at radius 3 is 1.62 bits per heavy atom. The molecule has 1 N–H and O–H groups in total. The highest BCUT2D eigenvalue weighted by molar-refractivity contribution is 5.81. The maximum Gasteiger partial charge on any atom is 0.310 e. The van der Waals surface area contributed by atoms with E-state index in [0.29, 0.717) is 12.8 Å². The molecular formula is C28H52O4. The quantitative estimate of drug-likeness (QED) is 0.158. The molecule has 1 fully saturated rings. The van der Waals surface area contributed by atoms with Crippen LogP contribution in [0.1, 0.15) is 143 Å². The van der Waals surface area contributed by atoms with Gasteiger partial charge >= 0.3 is 11.9 Å². The lowest BCUT2D eigenvalue weighted by Crippen LogP contribution is -2.35. The average Bonchev–Trinajstić information content (AvgIpc) is 2.78. The van der Waals surface area contributed by atoms with Gasteiger partial charge in [0.25, 0.3) is 0 Å². The topological polar surface area (TPSA) is 63.6 Å². The van der Waals surface area contributed by atoms with Crippen molar-refractivity contribution < 1.29 is 19.4 Å². The molecule has 0 radical (unpaired) electrons. The summed E-state index contributed by atoms with van der Waals surface area (Å²) in [6.45, 7) is 6.68. The number of hydrogen-bond donors (Lipinski definition) is 1. The molecule has 32 heavy (non-hydrogen) atoms. The van der Waals surface area contributed by atoms with Gasteiger partial charge in [0.2, 0.25) is 0 Å². The zero-order valence-electron chi connectivity index (χ0n) is 21.4. The van der Waals surface area contributed by atoms with Crippen LogP contribution in [-0.4, -0.2) is 23.1 Å². The van der Waals surface area contributed by atoms with Crippen LogP contribution < -0.4 is 0 Å². The Morgan fingerprint density at radius 2 is 1.19 bits per heavy atom. The van der Waals surface area contributed by atoms with Crippen LogP contribution in [0.2, 0.25) is 0 Å². The van der Waals surface area contributed by atoms with Crippen molar-refractivity contribution in [1.82, 2.24) is 0 Å². The number of aliphatic carboxylic acids is 1. The van der Waals surface area contributed by atoms with Crippen molar-refractivity contribution in [2.45, 2.75) is 149 Å². The maximum atomic E-state index is 12.6. The van der Waals surface area contributed by atoms with Gasteiger partial charge in [-0.1, -0.05) is 111 Å². The SMILES string of the molecule is CCC(CCCCCCCCCCCCCCC(C)C)OC(=O)C1CCCCC1C(=O)O. The van der Waals surface area contributed by atoms with Gasteiger partial charge < -0.3 is 9.84 Å². The molecule has 0 bridgehead atoms. The first-order valence-corrected chi connectivity index (χ1v) is 13.9. The van der Waals surface area contributed by atoms with Crippen molar-refractivity contribution in [2.75, 3.05) is 0 Å². The molecule has 0 heterocycles. The zero-order chi connectivity index (χ0) is 23.6. The van der Waals surface area contributed by atoms with E-state index in [9.17, 15) is 14.7 Å². The molecule has 0 aromatic rings. The third-order valence-electron chi connectivity index (χ3n) is 7.18. The predicted octanol–water partition coefficient (Wildman–Crippen LogP) is 8.32. The number of ether oxygens (including phenoxy) is 1. The highest BCUT2D eigenvalue weighted by atomic mass is 16.5. The lowest BCUT2D eigenvalue weighted by atomic mass is 9.79. The van der Waals surface area contributed by atoms with Crippen LogP contribution in [0.4, 0.5) is 0 Å². The van der Waals surface area contributed by atoms with Crippen molar-refractivity contribution in [1.29, 1.82) is 0 Å². The van der Waals surface area contributed by atoms with Gasteiger partial charge in [-0.3, -0.25) is 9.59 Å². The minimum atomic E-state index is -0.846. The summed E-state index contributed by atoms with van der Waals surface area (Å²) in [6.07, 6.45) is 22.1. The fourth-order valence-corrected chi connectivity index (χ4v) is 5.00. The summed E-state index contributed by atoms with van der Waals surface area (Å²) < 4.78 is 5.74. The zero-order valence-corrected chi connectivity index (χ0v) is 21.4. The van der Waals surface area contributed by atoms with Crippen molar-refractivity contribution in [3.8, 4) is 0 Å². The van der Waals surface area contributed by atoms with Crippen molar-refractivity contribution in [3.05, 3.63) is 0 Å². The Hall–Kier alpha value is -1.06. The van der Waals surface area contributed by atoms with Crippen LogP contribution in [0.3, 0.4) is 0 Å². The van der Waals surface area contributed by atoms with E-state index < -0.39 is 17.8 Å². The predicted molar refractivity (Wildman–Crippen MR) is 133 cm³/mol. The first-order chi connectivity index (χ1) is 15.5. The molecule has 0 aliphatic heterocycles. The van der Waals surface area contributed by atoms with Crippen molar-refractivity contribution in [3.63, 3.8) is 0 Å². The van der Waals surface area contributed by atoms with Gasteiger partial charge in [0.1, 0.15) is 6.10 Å². The minimum absolute atomic E-state index is 0.0561. The number of esters is 1. The monoisotopic (exact) mass is 452 g/mol. The number of hydrogen-bond acceptors (Lipinski definition) is 3. The number of carboxylic acids is 1. The molecule has 4 nitrogen and oxygen atoms in total. The van der Waals surface area contributed by atoms with Crippen LogP contribution >= 0.6 is 0 Å². The number of rotatable bonds is 19. The summed E-state index contributed by atoms with van der Waals surface area (Å²) in [7, 11) is 0. The van der Waals surface area contributed by atoms with Gasteiger partial charge in [-0.2, -0.15) is 0 Å². The summed E-state index contributed by atoms with van der Waals surface area (Å²) in [4.78, 5) is 24.0. The van der Waals surface area contributed by atoms with Gasteiger partial charge in [-0.25, -0.2) is 0 Å². The van der Waals surface area contributed by atoms with Crippen molar-refractivity contribution in [2.24, 2.45) is 17.8 Å². The third kappa shape index (κ3) is 13.5. The van der Waals surface area contributed by atoms with Gasteiger partial charge in [-0.15, -0.1) is 0 Å². The summed E-state index contributed by atoms with van der Waals surface area (Å²) in [5.41, 5.74) is 0. The van der Waals surface area contributed by atoms with E-state index in [1.807, 2.05) is 0 Å². The normalized spacial score (nSPS) is 19.8. The fourth-order valence-electron chi connectivity index (χ4n) is 5.00. The molecule has 1 rings (SSSR count). The second-order valence-corrected chi connectivity index (χ2v) is 10.5. The number of carbonyl (C=O) groups is 2. The van der Waals surface area contributed by atoms with E-state index >= 15 is 0 Å². The highest BCUT2D eigenvalue weighted by Gasteiger charge is 2.37. The van der Waals surface area contributed by atoms with E-state index in [1.54, 1.807) is 0 Å². The molecular weight excluding hydrogens is 400 g/mol. The molecule has 3 unspecified atom stereocenters. The van der Waals surface area contributed by atoms with Gasteiger partial charge in [0.15, 0.2) is 0 Å². The van der Waals surface area contributed by atoms with E-state index in [0.717, 1.165) is 38.0 Å². The summed E-state index contributed by atoms with van der Waals surface area (Å²) in [6, 6.07) is 0. The number of unbranched alkanes of at least 4 members (excludes halogenated alkanes) is 11. The number of carbonyl (C=O) groups excluding carboxylic acids is 1. The lowest BCUT2D eigenvalue weighted by molar-refractivity contribution is -0.164. The smallest absolute Gasteiger partial charge is 0.310 e. The second-order valence-electron chi connectivity index (χ2n) is 10.5. The van der Waals surface area contributed by atoms with Crippen LogP contribution in [0.25, 0.3) is 0 Å². The molecule has 0 saturated heterocycles. The minimum Gasteiger partial charge on any atom is -0.481 e. The van der Waals surface area contributed by atoms with Gasteiger partial charge in [-0.05, 0) is 38.0 Å². The first kappa shape index (κ1) is 29.0. The van der Waals surface area contributed by atoms with Crippen molar-refractivity contribution >= 4 is 11.9 Å². The summed E-state index contributed by atoms with van der Waals surface area (Å²) >= 11 is 0. The molecule has 3 atom stereocenters. The summed E-state index contributed by atoms with van der Waals surface area (Å²) in [5.74, 6) is -1.27. The lowest BCUT2D eigenvalue weighted by Gasteiger charge is -2.28. The van der Waals surface area contributed by atoms with Crippen LogP contribution in [0.15, 0.2) is 0 Å². The standard InChI is InChI=1S/C28H52O4/c1-4-24(32-28(31)26-22-18-17-21-25(26)27(29)30)20-16-14-12-10-8-6-5-7-9-11-13-15-19-23(2)3/h23-26H,4-22H2,1-3H3,(H,29,30). The second kappa shape index (κ2) is 18.4. The average molecular weight is 453 g/mol. The largest absolute Gasteiger partial charge is 0.481 e. The highest BCUT2D eigenvalue weighted by Crippen LogP contribution is 2.32. The Labute approximate surface area is 198 Å². The van der Waals surface area contributed by atoms with E-state index in [1.165, 1.54) is 77.0 Å². The maximum absolute atomic E-state index is 12.6. The third-order valence-corrected chi connectivity index (χ3v) is 7.18. The Kier molecular flexibility index (Phi) is 16.6. The van der Waals surface area contributed by atoms with Gasteiger partial charge in [0.05, 0.1) is 11.8 Å². The molecule has 1 aliphatic rings. The molecule has 1 aliphatic carbocycles. The van der Waals surface area contributed by atoms with Crippen LogP contribution in [-0.2, 0) is 14.3 Å². The van der Waals surface area contributed by atoms with Crippen LogP contribution in [0.5, 0.6) is 0 Å². The molecule has 0 spiro atoms. The van der Waals surface area contributed by atoms with Crippen LogP contribution in [0, 0.1) is 17.8 Å². The van der Waals surface area contributed by atoms with E-state index in [-0.39, 0.29) is 12.1 Å². The fraction of sp³-hybridized carbons (Fsp3) is 0.929. The Bertz CT molecular complexity index is 488. The molecule has 0 aromatic carbocycles. The summed E-state index contributed by atoms with van der Waals surface area (Å²) in [5, 5.41) is 9.39. The molecule has 188 valence electrons. The Balaban J connectivity index is 2.01. The number of carboxylic acid groups (broad SMARTS) is 1. The first-order valence-electron chi connectivity index (χ1n) is 13.9. The van der Waals surface area contributed by atoms with Gasteiger partial charge in [0, 0.05) is 0 Å². The molecule has 0 amide bonds. The molecule has 1 saturated carbocycles. The van der Waals surface area contributed by atoms with E-state index in [4.69, 9.17) is 4.74 Å². The molecule has 4 heteroatoms.